The molecule has 1 amide bonds. The average molecular weight is 340 g/mol. The minimum atomic E-state index is -4.38. The van der Waals surface area contributed by atoms with E-state index >= 15 is 0 Å². The molecule has 1 heterocycles. The minimum Gasteiger partial charge on any atom is -0.342 e. The van der Waals surface area contributed by atoms with E-state index in [0.717, 1.165) is 31.5 Å². The lowest BCUT2D eigenvalue weighted by Crippen LogP contribution is -2.46. The van der Waals surface area contributed by atoms with E-state index in [-0.39, 0.29) is 5.91 Å². The van der Waals surface area contributed by atoms with Crippen molar-refractivity contribution in [1.29, 1.82) is 0 Å². The number of carbonyl (C=O) groups excluding carboxylic acids is 1. The maximum absolute atomic E-state index is 13.0. The Morgan fingerprint density at radius 1 is 1.38 bits per heavy atom. The highest BCUT2D eigenvalue weighted by molar-refractivity contribution is 5.91. The monoisotopic (exact) mass is 340 g/mol. The molecule has 1 atom stereocenters. The summed E-state index contributed by atoms with van der Waals surface area (Å²) in [6, 6.07) is 5.29. The average Bonchev–Trinajstić information content (AvgIpc) is 3.36. The summed E-state index contributed by atoms with van der Waals surface area (Å²) in [5.74, 6) is 0.424. The fourth-order valence-electron chi connectivity index (χ4n) is 3.75. The summed E-state index contributed by atoms with van der Waals surface area (Å²) in [6.45, 7) is 2.26. The van der Waals surface area contributed by atoms with Crippen LogP contribution in [0.5, 0.6) is 0 Å². The van der Waals surface area contributed by atoms with E-state index in [9.17, 15) is 18.0 Å². The summed E-state index contributed by atoms with van der Waals surface area (Å²) >= 11 is 0. The van der Waals surface area contributed by atoms with Crippen LogP contribution < -0.4 is 5.32 Å². The van der Waals surface area contributed by atoms with Gasteiger partial charge in [-0.1, -0.05) is 18.2 Å². The largest absolute Gasteiger partial charge is 0.416 e. The molecule has 3 rings (SSSR count). The van der Waals surface area contributed by atoms with Gasteiger partial charge in [0.2, 0.25) is 5.91 Å². The van der Waals surface area contributed by atoms with E-state index in [1.54, 1.807) is 6.07 Å². The molecule has 1 saturated carbocycles. The number of alkyl halides is 3. The molecule has 1 aliphatic heterocycles. The number of piperidine rings is 1. The van der Waals surface area contributed by atoms with E-state index in [0.29, 0.717) is 37.4 Å². The van der Waals surface area contributed by atoms with Gasteiger partial charge < -0.3 is 10.2 Å². The van der Waals surface area contributed by atoms with Gasteiger partial charge in [0.15, 0.2) is 0 Å². The Morgan fingerprint density at radius 3 is 2.75 bits per heavy atom. The summed E-state index contributed by atoms with van der Waals surface area (Å²) in [5.41, 5.74) is -0.896. The molecule has 0 bridgehead atoms. The Balaban J connectivity index is 1.80. The molecule has 1 aromatic rings. The third kappa shape index (κ3) is 3.29. The van der Waals surface area contributed by atoms with E-state index in [2.05, 4.69) is 5.32 Å². The lowest BCUT2D eigenvalue weighted by Gasteiger charge is -2.35. The van der Waals surface area contributed by atoms with Crippen molar-refractivity contribution >= 4 is 5.91 Å². The molecule has 2 fully saturated rings. The molecule has 0 spiro atoms. The van der Waals surface area contributed by atoms with Gasteiger partial charge >= 0.3 is 6.18 Å². The van der Waals surface area contributed by atoms with Crippen LogP contribution in [0.25, 0.3) is 0 Å². The predicted molar refractivity (Wildman–Crippen MR) is 85.6 cm³/mol. The van der Waals surface area contributed by atoms with Gasteiger partial charge in [0.1, 0.15) is 0 Å². The molecule has 3 nitrogen and oxygen atoms in total. The van der Waals surface area contributed by atoms with Gasteiger partial charge in [0.05, 0.1) is 11.0 Å². The standard InChI is InChI=1S/C18H23F3N2O/c1-22-11-13-4-3-9-23(12-13)16(24)17(7-8-17)14-5-2-6-15(10-14)18(19,20)21/h2,5-6,10,13,22H,3-4,7-9,11-12H2,1H3. The Hall–Kier alpha value is -1.56. The number of amides is 1. The highest BCUT2D eigenvalue weighted by Gasteiger charge is 2.53. The summed E-state index contributed by atoms with van der Waals surface area (Å²) in [7, 11) is 1.89. The third-order valence-electron chi connectivity index (χ3n) is 5.20. The minimum absolute atomic E-state index is 0.00243. The predicted octanol–water partition coefficient (Wildman–Crippen LogP) is 3.20. The second-order valence-corrected chi connectivity index (χ2v) is 6.98. The van der Waals surface area contributed by atoms with Crippen LogP contribution in [-0.2, 0) is 16.4 Å². The first-order valence-electron chi connectivity index (χ1n) is 8.48. The van der Waals surface area contributed by atoms with E-state index < -0.39 is 17.2 Å². The fraction of sp³-hybridized carbons (Fsp3) is 0.611. The number of nitrogens with one attached hydrogen (secondary N) is 1. The molecule has 1 aliphatic carbocycles. The quantitative estimate of drug-likeness (QED) is 0.913. The fourth-order valence-corrected chi connectivity index (χ4v) is 3.75. The molecule has 1 N–H and O–H groups in total. The zero-order valence-electron chi connectivity index (χ0n) is 13.8. The molecule has 0 radical (unpaired) electrons. The number of benzene rings is 1. The molecule has 1 unspecified atom stereocenters. The smallest absolute Gasteiger partial charge is 0.342 e. The maximum atomic E-state index is 13.0. The highest BCUT2D eigenvalue weighted by Crippen LogP contribution is 2.50. The van der Waals surface area contributed by atoms with Gasteiger partial charge in [-0.15, -0.1) is 0 Å². The van der Waals surface area contributed by atoms with Crippen molar-refractivity contribution in [2.45, 2.75) is 37.3 Å². The molecular weight excluding hydrogens is 317 g/mol. The van der Waals surface area contributed by atoms with Crippen molar-refractivity contribution in [1.82, 2.24) is 10.2 Å². The maximum Gasteiger partial charge on any atom is 0.416 e. The van der Waals surface area contributed by atoms with Gasteiger partial charge in [0.25, 0.3) is 0 Å². The lowest BCUT2D eigenvalue weighted by atomic mass is 9.90. The molecule has 1 aromatic carbocycles. The van der Waals surface area contributed by atoms with Crippen LogP contribution in [-0.4, -0.2) is 37.5 Å². The zero-order chi connectivity index (χ0) is 17.4. The van der Waals surface area contributed by atoms with Crippen molar-refractivity contribution in [3.63, 3.8) is 0 Å². The summed E-state index contributed by atoms with van der Waals surface area (Å²) in [6.07, 6.45) is -1.06. The van der Waals surface area contributed by atoms with Crippen molar-refractivity contribution in [2.24, 2.45) is 5.92 Å². The summed E-state index contributed by atoms with van der Waals surface area (Å²) < 4.78 is 38.9. The van der Waals surface area contributed by atoms with Gasteiger partial charge in [-0.25, -0.2) is 0 Å². The zero-order valence-corrected chi connectivity index (χ0v) is 13.8. The normalized spacial score (nSPS) is 23.2. The Labute approximate surface area is 140 Å². The first-order valence-corrected chi connectivity index (χ1v) is 8.48. The number of carbonyl (C=O) groups is 1. The van der Waals surface area contributed by atoms with Crippen LogP contribution in [0.15, 0.2) is 24.3 Å². The van der Waals surface area contributed by atoms with E-state index in [4.69, 9.17) is 0 Å². The molecular formula is C18H23F3N2O. The van der Waals surface area contributed by atoms with Crippen LogP contribution in [0.4, 0.5) is 13.2 Å². The number of nitrogens with zero attached hydrogens (tertiary/aromatic N) is 1. The Kier molecular flexibility index (Phi) is 4.60. The molecule has 1 saturated heterocycles. The van der Waals surface area contributed by atoms with Gasteiger partial charge in [-0.3, -0.25) is 4.79 Å². The first kappa shape index (κ1) is 17.3. The van der Waals surface area contributed by atoms with Crippen molar-refractivity contribution in [3.8, 4) is 0 Å². The molecule has 6 heteroatoms. The van der Waals surface area contributed by atoms with Crippen LogP contribution in [0.2, 0.25) is 0 Å². The van der Waals surface area contributed by atoms with Crippen molar-refractivity contribution < 1.29 is 18.0 Å². The van der Waals surface area contributed by atoms with Gasteiger partial charge in [0, 0.05) is 13.1 Å². The first-order chi connectivity index (χ1) is 11.4. The molecule has 132 valence electrons. The number of halogens is 3. The lowest BCUT2D eigenvalue weighted by molar-refractivity contribution is -0.138. The SMILES string of the molecule is CNCC1CCCN(C(=O)C2(c3cccc(C(F)(F)F)c3)CC2)C1. The van der Waals surface area contributed by atoms with E-state index in [1.165, 1.54) is 6.07 Å². The van der Waals surface area contributed by atoms with Crippen LogP contribution in [0.3, 0.4) is 0 Å². The topological polar surface area (TPSA) is 32.3 Å². The van der Waals surface area contributed by atoms with Crippen LogP contribution in [0.1, 0.15) is 36.8 Å². The third-order valence-corrected chi connectivity index (χ3v) is 5.20. The summed E-state index contributed by atoms with van der Waals surface area (Å²) in [5, 5.41) is 3.14. The van der Waals surface area contributed by atoms with Crippen LogP contribution in [0, 0.1) is 5.92 Å². The Morgan fingerprint density at radius 2 is 2.12 bits per heavy atom. The Bertz CT molecular complexity index is 609. The second kappa shape index (κ2) is 6.39. The number of hydrogen-bond donors (Lipinski definition) is 1. The van der Waals surface area contributed by atoms with Crippen molar-refractivity contribution in [2.75, 3.05) is 26.7 Å². The van der Waals surface area contributed by atoms with Crippen molar-refractivity contribution in [3.05, 3.63) is 35.4 Å². The van der Waals surface area contributed by atoms with Crippen LogP contribution >= 0.6 is 0 Å². The number of hydrogen-bond acceptors (Lipinski definition) is 2. The number of likely N-dealkylation sites (tertiary alicyclic amines) is 1. The highest BCUT2D eigenvalue weighted by atomic mass is 19.4. The van der Waals surface area contributed by atoms with Gasteiger partial charge in [-0.2, -0.15) is 13.2 Å². The molecule has 2 aliphatic rings. The molecule has 0 aromatic heterocycles. The van der Waals surface area contributed by atoms with E-state index in [1.807, 2.05) is 11.9 Å². The molecule has 24 heavy (non-hydrogen) atoms. The second-order valence-electron chi connectivity index (χ2n) is 6.98. The number of rotatable bonds is 4. The van der Waals surface area contributed by atoms with Gasteiger partial charge in [-0.05, 0) is 56.8 Å². The summed E-state index contributed by atoms with van der Waals surface area (Å²) in [4.78, 5) is 14.9.